The van der Waals surface area contributed by atoms with E-state index < -0.39 is 10.0 Å². The molecular weight excluding hydrogens is 246 g/mol. The quantitative estimate of drug-likeness (QED) is 0.889. The van der Waals surface area contributed by atoms with Crippen molar-refractivity contribution in [3.63, 3.8) is 0 Å². The van der Waals surface area contributed by atoms with E-state index in [9.17, 15) is 8.42 Å². The van der Waals surface area contributed by atoms with Gasteiger partial charge in [0.2, 0.25) is 0 Å². The largest absolute Gasteiger partial charge is 0.395 e. The number of aliphatic hydroxyl groups is 1. The summed E-state index contributed by atoms with van der Waals surface area (Å²) < 4.78 is 26.3. The van der Waals surface area contributed by atoms with Gasteiger partial charge in [-0.2, -0.15) is 4.31 Å². The van der Waals surface area contributed by atoms with E-state index in [1.54, 1.807) is 6.07 Å². The fourth-order valence-corrected chi connectivity index (χ4v) is 5.07. The molecule has 1 aliphatic heterocycles. The van der Waals surface area contributed by atoms with Crippen LogP contribution >= 0.6 is 11.3 Å². The number of hydrogen-bond acceptors (Lipinski definition) is 4. The van der Waals surface area contributed by atoms with E-state index in [0.29, 0.717) is 10.8 Å². The zero-order valence-corrected chi connectivity index (χ0v) is 10.7. The SMILES string of the molecule is Cc1ccc(S(=O)(=O)N2CCCC2CO)s1. The van der Waals surface area contributed by atoms with Gasteiger partial charge in [-0.25, -0.2) is 8.42 Å². The van der Waals surface area contributed by atoms with Crippen molar-refractivity contribution in [1.82, 2.24) is 4.31 Å². The van der Waals surface area contributed by atoms with E-state index in [4.69, 9.17) is 5.11 Å². The molecule has 0 aliphatic carbocycles. The second-order valence-electron chi connectivity index (χ2n) is 3.96. The average Bonchev–Trinajstić information content (AvgIpc) is 2.85. The van der Waals surface area contributed by atoms with Crippen LogP contribution in [-0.4, -0.2) is 37.0 Å². The van der Waals surface area contributed by atoms with Gasteiger partial charge in [-0.1, -0.05) is 0 Å². The van der Waals surface area contributed by atoms with Gasteiger partial charge in [0.25, 0.3) is 10.0 Å². The van der Waals surface area contributed by atoms with Crippen LogP contribution in [0.25, 0.3) is 0 Å². The molecule has 6 heteroatoms. The Hall–Kier alpha value is -0.430. The number of sulfonamides is 1. The van der Waals surface area contributed by atoms with E-state index in [1.807, 2.05) is 13.0 Å². The zero-order valence-electron chi connectivity index (χ0n) is 9.09. The second kappa shape index (κ2) is 4.44. The van der Waals surface area contributed by atoms with Crippen LogP contribution in [0.1, 0.15) is 17.7 Å². The summed E-state index contributed by atoms with van der Waals surface area (Å²) in [4.78, 5) is 0.985. The van der Waals surface area contributed by atoms with Crippen LogP contribution < -0.4 is 0 Å². The Morgan fingerprint density at radius 2 is 2.31 bits per heavy atom. The van der Waals surface area contributed by atoms with Crippen LogP contribution in [0.15, 0.2) is 16.3 Å². The summed E-state index contributed by atoms with van der Waals surface area (Å²) >= 11 is 1.28. The first kappa shape index (κ1) is 12.0. The highest BCUT2D eigenvalue weighted by molar-refractivity contribution is 7.91. The molecule has 1 aliphatic rings. The van der Waals surface area contributed by atoms with E-state index in [0.717, 1.165) is 17.7 Å². The second-order valence-corrected chi connectivity index (χ2v) is 7.36. The van der Waals surface area contributed by atoms with Crippen molar-refractivity contribution in [3.05, 3.63) is 17.0 Å². The molecule has 0 amide bonds. The molecule has 1 unspecified atom stereocenters. The Bertz CT molecular complexity index is 466. The van der Waals surface area contributed by atoms with E-state index in [1.165, 1.54) is 15.6 Å². The van der Waals surface area contributed by atoms with E-state index >= 15 is 0 Å². The molecule has 0 bridgehead atoms. The minimum absolute atomic E-state index is 0.0937. The first-order valence-electron chi connectivity index (χ1n) is 5.25. The summed E-state index contributed by atoms with van der Waals surface area (Å²) in [5, 5.41) is 9.15. The van der Waals surface area contributed by atoms with Crippen LogP contribution in [0.4, 0.5) is 0 Å². The number of aryl methyl sites for hydroxylation is 1. The summed E-state index contributed by atoms with van der Waals surface area (Å²) in [5.74, 6) is 0. The molecule has 1 atom stereocenters. The highest BCUT2D eigenvalue weighted by Crippen LogP contribution is 2.29. The third-order valence-electron chi connectivity index (χ3n) is 2.81. The topological polar surface area (TPSA) is 57.6 Å². The molecule has 2 heterocycles. The molecule has 0 saturated carbocycles. The Balaban J connectivity index is 2.32. The summed E-state index contributed by atoms with van der Waals surface area (Å²) in [7, 11) is -3.39. The highest BCUT2D eigenvalue weighted by atomic mass is 32.2. The van der Waals surface area contributed by atoms with Crippen LogP contribution in [0, 0.1) is 6.92 Å². The first-order valence-corrected chi connectivity index (χ1v) is 7.50. The lowest BCUT2D eigenvalue weighted by Crippen LogP contribution is -2.37. The van der Waals surface area contributed by atoms with Crippen molar-refractivity contribution in [1.29, 1.82) is 0 Å². The average molecular weight is 261 g/mol. The summed E-state index contributed by atoms with van der Waals surface area (Å²) in [6, 6.07) is 3.20. The van der Waals surface area contributed by atoms with Crippen molar-refractivity contribution < 1.29 is 13.5 Å². The maximum absolute atomic E-state index is 12.2. The standard InChI is InChI=1S/C10H15NO3S2/c1-8-4-5-10(15-8)16(13,14)11-6-2-3-9(11)7-12/h4-5,9,12H,2-3,6-7H2,1H3. The Labute approximate surface area is 99.6 Å². The number of rotatable bonds is 3. The van der Waals surface area contributed by atoms with Gasteiger partial charge in [0.05, 0.1) is 6.61 Å². The molecule has 1 aromatic rings. The van der Waals surface area contributed by atoms with Gasteiger partial charge in [0.15, 0.2) is 0 Å². The molecule has 16 heavy (non-hydrogen) atoms. The van der Waals surface area contributed by atoms with Crippen molar-refractivity contribution in [2.45, 2.75) is 30.0 Å². The molecule has 90 valence electrons. The van der Waals surface area contributed by atoms with Crippen molar-refractivity contribution in [2.24, 2.45) is 0 Å². The minimum Gasteiger partial charge on any atom is -0.395 e. The Kier molecular flexibility index (Phi) is 3.34. The monoisotopic (exact) mass is 261 g/mol. The molecular formula is C10H15NO3S2. The van der Waals surface area contributed by atoms with Gasteiger partial charge in [-0.15, -0.1) is 11.3 Å². The van der Waals surface area contributed by atoms with Crippen LogP contribution in [-0.2, 0) is 10.0 Å². The number of nitrogens with zero attached hydrogens (tertiary/aromatic N) is 1. The fourth-order valence-electron chi connectivity index (χ4n) is 1.97. The lowest BCUT2D eigenvalue weighted by Gasteiger charge is -2.21. The molecule has 0 radical (unpaired) electrons. The van der Waals surface area contributed by atoms with Gasteiger partial charge in [0, 0.05) is 17.5 Å². The fraction of sp³-hybridized carbons (Fsp3) is 0.600. The van der Waals surface area contributed by atoms with Crippen molar-refractivity contribution >= 4 is 21.4 Å². The molecule has 0 spiro atoms. The number of hydrogen-bond donors (Lipinski definition) is 1. The highest BCUT2D eigenvalue weighted by Gasteiger charge is 2.35. The minimum atomic E-state index is -3.39. The molecule has 4 nitrogen and oxygen atoms in total. The first-order chi connectivity index (χ1) is 7.55. The molecule has 1 fully saturated rings. The smallest absolute Gasteiger partial charge is 0.252 e. The van der Waals surface area contributed by atoms with Gasteiger partial charge in [-0.05, 0) is 31.9 Å². The van der Waals surface area contributed by atoms with Gasteiger partial charge >= 0.3 is 0 Å². The predicted molar refractivity (Wildman–Crippen MR) is 63.1 cm³/mol. The predicted octanol–water partition coefficient (Wildman–Crippen LogP) is 1.20. The van der Waals surface area contributed by atoms with Crippen LogP contribution in [0.5, 0.6) is 0 Å². The van der Waals surface area contributed by atoms with E-state index in [-0.39, 0.29) is 12.6 Å². The van der Waals surface area contributed by atoms with Gasteiger partial charge in [-0.3, -0.25) is 0 Å². The number of thiophene rings is 1. The van der Waals surface area contributed by atoms with Gasteiger partial charge < -0.3 is 5.11 Å². The third-order valence-corrected chi connectivity index (χ3v) is 6.23. The molecule has 1 aromatic heterocycles. The molecule has 0 aromatic carbocycles. The summed E-state index contributed by atoms with van der Waals surface area (Å²) in [5.41, 5.74) is 0. The summed E-state index contributed by atoms with van der Waals surface area (Å²) in [6.07, 6.45) is 1.58. The lowest BCUT2D eigenvalue weighted by atomic mass is 10.2. The molecule has 1 N–H and O–H groups in total. The maximum atomic E-state index is 12.2. The van der Waals surface area contributed by atoms with Gasteiger partial charge in [0.1, 0.15) is 4.21 Å². The van der Waals surface area contributed by atoms with Crippen LogP contribution in [0.2, 0.25) is 0 Å². The third kappa shape index (κ3) is 2.02. The Morgan fingerprint density at radius 3 is 2.88 bits per heavy atom. The lowest BCUT2D eigenvalue weighted by molar-refractivity contribution is 0.213. The van der Waals surface area contributed by atoms with E-state index in [2.05, 4.69) is 0 Å². The zero-order chi connectivity index (χ0) is 11.8. The normalized spacial score (nSPS) is 22.8. The molecule has 2 rings (SSSR count). The molecule has 1 saturated heterocycles. The van der Waals surface area contributed by atoms with Crippen molar-refractivity contribution in [3.8, 4) is 0 Å². The summed E-state index contributed by atoms with van der Waals surface area (Å²) in [6.45, 7) is 2.31. The van der Waals surface area contributed by atoms with Crippen LogP contribution in [0.3, 0.4) is 0 Å². The van der Waals surface area contributed by atoms with Crippen molar-refractivity contribution in [2.75, 3.05) is 13.2 Å². The maximum Gasteiger partial charge on any atom is 0.252 e. The number of aliphatic hydroxyl groups excluding tert-OH is 1. The Morgan fingerprint density at radius 1 is 1.56 bits per heavy atom.